The van der Waals surface area contributed by atoms with Crippen LogP contribution in [0.2, 0.25) is 15.1 Å². The smallest absolute Gasteiger partial charge is 0.119 e. The lowest BCUT2D eigenvalue weighted by Crippen LogP contribution is -2.41. The Hall–Kier alpha value is -1.76. The van der Waals surface area contributed by atoms with Crippen LogP contribution in [0.15, 0.2) is 61.2 Å². The lowest BCUT2D eigenvalue weighted by Gasteiger charge is -2.35. The van der Waals surface area contributed by atoms with Crippen LogP contribution in [0.25, 0.3) is 0 Å². The summed E-state index contributed by atoms with van der Waals surface area (Å²) < 4.78 is 7.96. The van der Waals surface area contributed by atoms with E-state index in [1.165, 1.54) is 0 Å². The summed E-state index contributed by atoms with van der Waals surface area (Å²) in [4.78, 5) is 10.3. The van der Waals surface area contributed by atoms with Gasteiger partial charge in [-0.05, 0) is 42.0 Å². The van der Waals surface area contributed by atoms with Gasteiger partial charge >= 0.3 is 0 Å². The zero-order valence-corrected chi connectivity index (χ0v) is 18.0. The fourth-order valence-electron chi connectivity index (χ4n) is 3.70. The molecule has 1 aliphatic rings. The Balaban J connectivity index is 1.58. The first-order valence-corrected chi connectivity index (χ1v) is 10.3. The number of likely N-dealkylation sites (N-methyl/N-ethyl adjacent to an activating group) is 1. The second-order valence-corrected chi connectivity index (χ2v) is 8.34. The van der Waals surface area contributed by atoms with Crippen LogP contribution in [-0.4, -0.2) is 34.4 Å². The minimum absolute atomic E-state index is 0.131. The summed E-state index contributed by atoms with van der Waals surface area (Å²) in [7, 11) is 1.93. The minimum atomic E-state index is -0.442. The Morgan fingerprint density at radius 2 is 1.93 bits per heavy atom. The van der Waals surface area contributed by atoms with Crippen molar-refractivity contribution in [3.63, 3.8) is 0 Å². The average Bonchev–Trinajstić information content (AvgIpc) is 3.32. The van der Waals surface area contributed by atoms with E-state index in [-0.39, 0.29) is 6.10 Å². The maximum absolute atomic E-state index is 6.33. The molecule has 2 heterocycles. The van der Waals surface area contributed by atoms with E-state index in [0.29, 0.717) is 34.6 Å². The first kappa shape index (κ1) is 20.5. The van der Waals surface area contributed by atoms with Crippen LogP contribution >= 0.6 is 34.8 Å². The molecule has 0 saturated carbocycles. The zero-order chi connectivity index (χ0) is 20.4. The fraction of sp³-hybridized carbons (Fsp3) is 0.286. The molecule has 4 rings (SSSR count). The van der Waals surface area contributed by atoms with E-state index < -0.39 is 5.54 Å². The second kappa shape index (κ2) is 8.54. The molecule has 2 unspecified atom stereocenters. The maximum Gasteiger partial charge on any atom is 0.119 e. The molecule has 1 aliphatic heterocycles. The van der Waals surface area contributed by atoms with Crippen LogP contribution in [-0.2, 0) is 16.9 Å². The van der Waals surface area contributed by atoms with Crippen molar-refractivity contribution >= 4 is 34.8 Å². The van der Waals surface area contributed by atoms with Gasteiger partial charge in [0.1, 0.15) is 18.5 Å². The van der Waals surface area contributed by atoms with Gasteiger partial charge in [0.25, 0.3) is 0 Å². The maximum atomic E-state index is 6.33. The van der Waals surface area contributed by atoms with E-state index in [2.05, 4.69) is 4.98 Å². The molecule has 0 aliphatic carbocycles. The Morgan fingerprint density at radius 1 is 1.14 bits per heavy atom. The highest BCUT2D eigenvalue weighted by molar-refractivity contribution is 6.42. The third-order valence-corrected chi connectivity index (χ3v) is 6.18. The van der Waals surface area contributed by atoms with Crippen LogP contribution in [0.5, 0.6) is 5.75 Å². The minimum Gasteiger partial charge on any atom is -0.491 e. The van der Waals surface area contributed by atoms with Gasteiger partial charge in [-0.2, -0.15) is 5.06 Å². The number of benzene rings is 2. The molecule has 2 atom stereocenters. The summed E-state index contributed by atoms with van der Waals surface area (Å²) in [5, 5.41) is 3.61. The van der Waals surface area contributed by atoms with Gasteiger partial charge in [0.2, 0.25) is 0 Å². The molecule has 2 aromatic carbocycles. The van der Waals surface area contributed by atoms with Gasteiger partial charge in [0, 0.05) is 37.4 Å². The van der Waals surface area contributed by atoms with Crippen molar-refractivity contribution in [3.05, 3.63) is 81.8 Å². The molecule has 3 aromatic rings. The van der Waals surface area contributed by atoms with Gasteiger partial charge in [0.15, 0.2) is 0 Å². The Morgan fingerprint density at radius 3 is 2.62 bits per heavy atom. The van der Waals surface area contributed by atoms with Gasteiger partial charge in [-0.15, -0.1) is 0 Å². The van der Waals surface area contributed by atoms with Crippen molar-refractivity contribution in [3.8, 4) is 5.75 Å². The number of hydroxylamine groups is 2. The Bertz CT molecular complexity index is 966. The van der Waals surface area contributed by atoms with Gasteiger partial charge < -0.3 is 9.30 Å². The van der Waals surface area contributed by atoms with E-state index in [1.54, 1.807) is 24.7 Å². The molecule has 29 heavy (non-hydrogen) atoms. The molecule has 8 heteroatoms. The number of hydrogen-bond acceptors (Lipinski definition) is 4. The number of aromatic nitrogens is 2. The molecular weight excluding hydrogens is 433 g/mol. The first-order valence-electron chi connectivity index (χ1n) is 9.16. The topological polar surface area (TPSA) is 39.5 Å². The van der Waals surface area contributed by atoms with Gasteiger partial charge in [-0.3, -0.25) is 4.84 Å². The quantitative estimate of drug-likeness (QED) is 0.498. The molecule has 0 radical (unpaired) electrons. The van der Waals surface area contributed by atoms with E-state index in [1.807, 2.05) is 53.2 Å². The molecule has 0 spiro atoms. The summed E-state index contributed by atoms with van der Waals surface area (Å²) in [6.45, 7) is 1.07. The van der Waals surface area contributed by atoms with Gasteiger partial charge in [-0.1, -0.05) is 40.9 Å². The fourth-order valence-corrected chi connectivity index (χ4v) is 4.12. The van der Waals surface area contributed by atoms with Crippen LogP contribution < -0.4 is 4.74 Å². The van der Waals surface area contributed by atoms with E-state index in [0.717, 1.165) is 11.3 Å². The number of halogens is 3. The molecule has 1 saturated heterocycles. The summed E-state index contributed by atoms with van der Waals surface area (Å²) in [6, 6.07) is 13.0. The highest BCUT2D eigenvalue weighted by atomic mass is 35.5. The Labute approximate surface area is 184 Å². The van der Waals surface area contributed by atoms with Gasteiger partial charge in [-0.25, -0.2) is 4.98 Å². The summed E-state index contributed by atoms with van der Waals surface area (Å²) in [5.41, 5.74) is 0.584. The van der Waals surface area contributed by atoms with Crippen molar-refractivity contribution in [2.24, 2.45) is 0 Å². The lowest BCUT2D eigenvalue weighted by molar-refractivity contribution is -0.179. The van der Waals surface area contributed by atoms with Crippen molar-refractivity contribution < 1.29 is 9.57 Å². The standard InChI is InChI=1S/C21H20Cl3N3O2/c1-26-21(13-27-9-8-25-14-27,15-2-7-19(23)20(24)10-15)11-18(29-26)12-28-17-5-3-16(22)4-6-17/h2-10,14,18H,11-13H2,1H3. The SMILES string of the molecule is CN1OC(COc2ccc(Cl)cc2)CC1(Cn1ccnc1)c1ccc(Cl)c(Cl)c1. The van der Waals surface area contributed by atoms with Crippen molar-refractivity contribution in [1.29, 1.82) is 0 Å². The highest BCUT2D eigenvalue weighted by Gasteiger charge is 2.47. The normalized spacial score (nSPS) is 22.1. The second-order valence-electron chi connectivity index (χ2n) is 7.09. The molecule has 0 amide bonds. The number of ether oxygens (including phenoxy) is 1. The predicted octanol–water partition coefficient (Wildman–Crippen LogP) is 5.45. The van der Waals surface area contributed by atoms with Crippen molar-refractivity contribution in [2.45, 2.75) is 24.6 Å². The number of hydrogen-bond donors (Lipinski definition) is 0. The van der Waals surface area contributed by atoms with Crippen LogP contribution in [0.4, 0.5) is 0 Å². The van der Waals surface area contributed by atoms with E-state index in [4.69, 9.17) is 44.4 Å². The molecular formula is C21H20Cl3N3O2. The summed E-state index contributed by atoms with van der Waals surface area (Å²) >= 11 is 18.4. The third-order valence-electron chi connectivity index (χ3n) is 5.19. The molecule has 1 aromatic heterocycles. The molecule has 0 N–H and O–H groups in total. The molecule has 152 valence electrons. The van der Waals surface area contributed by atoms with Gasteiger partial charge in [0.05, 0.1) is 21.9 Å². The summed E-state index contributed by atoms with van der Waals surface area (Å²) in [6.07, 6.45) is 6.08. The summed E-state index contributed by atoms with van der Waals surface area (Å²) in [5.74, 6) is 0.752. The highest BCUT2D eigenvalue weighted by Crippen LogP contribution is 2.42. The van der Waals surface area contributed by atoms with Crippen LogP contribution in [0.3, 0.4) is 0 Å². The van der Waals surface area contributed by atoms with Crippen LogP contribution in [0.1, 0.15) is 12.0 Å². The monoisotopic (exact) mass is 451 g/mol. The molecule has 5 nitrogen and oxygen atoms in total. The number of nitrogens with zero attached hydrogens (tertiary/aromatic N) is 3. The van der Waals surface area contributed by atoms with Crippen molar-refractivity contribution in [1.82, 2.24) is 14.6 Å². The average molecular weight is 453 g/mol. The van der Waals surface area contributed by atoms with E-state index in [9.17, 15) is 0 Å². The zero-order valence-electron chi connectivity index (χ0n) is 15.8. The predicted molar refractivity (Wildman–Crippen MR) is 115 cm³/mol. The third kappa shape index (κ3) is 4.39. The molecule has 1 fully saturated rings. The van der Waals surface area contributed by atoms with Crippen molar-refractivity contribution in [2.75, 3.05) is 13.7 Å². The Kier molecular flexibility index (Phi) is 6.04. The lowest BCUT2D eigenvalue weighted by atomic mass is 9.85. The number of imidazole rings is 1. The largest absolute Gasteiger partial charge is 0.491 e. The molecule has 0 bridgehead atoms. The number of rotatable bonds is 6. The van der Waals surface area contributed by atoms with Crippen LogP contribution in [0, 0.1) is 0 Å². The van der Waals surface area contributed by atoms with E-state index >= 15 is 0 Å². The first-order chi connectivity index (χ1) is 14.0.